The van der Waals surface area contributed by atoms with Crippen LogP contribution in [0.25, 0.3) is 0 Å². The Labute approximate surface area is 98.2 Å². The Morgan fingerprint density at radius 1 is 1.53 bits per heavy atom. The van der Waals surface area contributed by atoms with E-state index in [4.69, 9.17) is 14.9 Å². The van der Waals surface area contributed by atoms with E-state index in [1.54, 1.807) is 24.3 Å². The zero-order valence-electron chi connectivity index (χ0n) is 9.34. The van der Waals surface area contributed by atoms with Crippen LogP contribution in [0, 0.1) is 0 Å². The van der Waals surface area contributed by atoms with Gasteiger partial charge in [0.1, 0.15) is 12.0 Å². The van der Waals surface area contributed by atoms with Crippen LogP contribution in [-0.2, 0) is 6.42 Å². The fourth-order valence-electron chi connectivity index (χ4n) is 1.30. The van der Waals surface area contributed by atoms with E-state index in [0.29, 0.717) is 23.7 Å². The van der Waals surface area contributed by atoms with E-state index in [1.807, 2.05) is 6.92 Å². The summed E-state index contributed by atoms with van der Waals surface area (Å²) in [5, 5.41) is 0. The maximum absolute atomic E-state index is 11.7. The van der Waals surface area contributed by atoms with E-state index in [0.717, 1.165) is 0 Å². The Morgan fingerprint density at radius 3 is 3.00 bits per heavy atom. The fraction of sp³-hybridized carbons (Fsp3) is 0.167. The second-order valence-electron chi connectivity index (χ2n) is 3.44. The van der Waals surface area contributed by atoms with E-state index in [9.17, 15) is 4.79 Å². The monoisotopic (exact) mass is 232 g/mol. The van der Waals surface area contributed by atoms with Crippen molar-refractivity contribution in [1.82, 2.24) is 4.98 Å². The van der Waals surface area contributed by atoms with E-state index in [2.05, 4.69) is 4.98 Å². The van der Waals surface area contributed by atoms with Crippen LogP contribution in [-0.4, -0.2) is 11.0 Å². The van der Waals surface area contributed by atoms with E-state index in [-0.39, 0.29) is 5.69 Å². The molecule has 0 radical (unpaired) electrons. The van der Waals surface area contributed by atoms with Gasteiger partial charge in [0.2, 0.25) is 0 Å². The topological polar surface area (TPSA) is 78.3 Å². The maximum atomic E-state index is 11.7. The van der Waals surface area contributed by atoms with Crippen molar-refractivity contribution in [2.75, 3.05) is 5.73 Å². The number of anilines is 1. The Hall–Kier alpha value is -2.30. The van der Waals surface area contributed by atoms with Crippen molar-refractivity contribution in [3.63, 3.8) is 0 Å². The number of benzene rings is 1. The predicted octanol–water partition coefficient (Wildman–Crippen LogP) is 2.04. The number of esters is 1. The van der Waals surface area contributed by atoms with Gasteiger partial charge in [-0.3, -0.25) is 0 Å². The van der Waals surface area contributed by atoms with Crippen LogP contribution in [0.5, 0.6) is 5.75 Å². The van der Waals surface area contributed by atoms with Crippen molar-refractivity contribution in [1.29, 1.82) is 0 Å². The number of oxazole rings is 1. The number of nitrogen functional groups attached to an aromatic ring is 1. The summed E-state index contributed by atoms with van der Waals surface area (Å²) in [7, 11) is 0. The van der Waals surface area contributed by atoms with Gasteiger partial charge >= 0.3 is 5.97 Å². The minimum absolute atomic E-state index is 0.157. The van der Waals surface area contributed by atoms with Gasteiger partial charge in [-0.15, -0.1) is 0 Å². The summed E-state index contributed by atoms with van der Waals surface area (Å²) in [6.07, 6.45) is 1.92. The van der Waals surface area contributed by atoms with Gasteiger partial charge in [0.25, 0.3) is 0 Å². The summed E-state index contributed by atoms with van der Waals surface area (Å²) >= 11 is 0. The Balaban J connectivity index is 2.11. The molecular formula is C12H12N2O3. The summed E-state index contributed by atoms with van der Waals surface area (Å²) in [4.78, 5) is 15.6. The minimum atomic E-state index is -0.556. The molecule has 0 fully saturated rings. The molecule has 0 amide bonds. The van der Waals surface area contributed by atoms with Crippen molar-refractivity contribution in [2.24, 2.45) is 0 Å². The highest BCUT2D eigenvalue weighted by molar-refractivity contribution is 5.88. The van der Waals surface area contributed by atoms with Gasteiger partial charge in [-0.25, -0.2) is 9.78 Å². The third-order valence-electron chi connectivity index (χ3n) is 2.13. The largest absolute Gasteiger partial charge is 0.448 e. The molecule has 0 aliphatic carbocycles. The van der Waals surface area contributed by atoms with Crippen LogP contribution in [0.4, 0.5) is 5.69 Å². The minimum Gasteiger partial charge on any atom is -0.448 e. The molecule has 0 bridgehead atoms. The van der Waals surface area contributed by atoms with Crippen molar-refractivity contribution >= 4 is 11.7 Å². The molecule has 0 saturated heterocycles. The van der Waals surface area contributed by atoms with Gasteiger partial charge in [0.05, 0.1) is 0 Å². The number of ether oxygens (including phenoxy) is 1. The number of carbonyl (C=O) groups excluding carboxylic acids is 1. The van der Waals surface area contributed by atoms with Gasteiger partial charge in [0.15, 0.2) is 11.6 Å². The molecular weight excluding hydrogens is 220 g/mol. The first-order valence-electron chi connectivity index (χ1n) is 5.21. The highest BCUT2D eigenvalue weighted by Gasteiger charge is 2.13. The maximum Gasteiger partial charge on any atom is 0.365 e. The summed E-state index contributed by atoms with van der Waals surface area (Å²) in [6.45, 7) is 1.89. The molecule has 1 aromatic carbocycles. The van der Waals surface area contributed by atoms with Crippen LogP contribution >= 0.6 is 0 Å². The second-order valence-corrected chi connectivity index (χ2v) is 3.44. The van der Waals surface area contributed by atoms with Crippen molar-refractivity contribution in [3.05, 3.63) is 42.1 Å². The lowest BCUT2D eigenvalue weighted by molar-refractivity contribution is 0.0728. The van der Waals surface area contributed by atoms with Crippen LogP contribution < -0.4 is 10.5 Å². The first kappa shape index (κ1) is 11.2. The van der Waals surface area contributed by atoms with Crippen LogP contribution in [0.3, 0.4) is 0 Å². The molecule has 1 aromatic heterocycles. The van der Waals surface area contributed by atoms with Crippen LogP contribution in [0.15, 0.2) is 34.9 Å². The number of hydrogen-bond donors (Lipinski definition) is 1. The van der Waals surface area contributed by atoms with Gasteiger partial charge in [0, 0.05) is 18.2 Å². The molecule has 5 heteroatoms. The van der Waals surface area contributed by atoms with Gasteiger partial charge in [-0.1, -0.05) is 13.0 Å². The van der Waals surface area contributed by atoms with E-state index in [1.165, 1.54) is 6.26 Å². The first-order valence-corrected chi connectivity index (χ1v) is 5.21. The van der Waals surface area contributed by atoms with Crippen LogP contribution in [0.2, 0.25) is 0 Å². The average Bonchev–Trinajstić information content (AvgIpc) is 2.77. The standard InChI is InChI=1S/C12H12N2O3/c1-2-11-14-10(7-16-11)12(15)17-9-5-3-4-8(13)6-9/h3-7H,2,13H2,1H3. The highest BCUT2D eigenvalue weighted by Crippen LogP contribution is 2.16. The predicted molar refractivity (Wildman–Crippen MR) is 61.7 cm³/mol. The fourth-order valence-corrected chi connectivity index (χ4v) is 1.30. The van der Waals surface area contributed by atoms with Gasteiger partial charge < -0.3 is 14.9 Å². The normalized spacial score (nSPS) is 10.2. The molecule has 0 saturated carbocycles. The molecule has 0 aliphatic rings. The molecule has 88 valence electrons. The van der Waals surface area contributed by atoms with Crippen LogP contribution in [0.1, 0.15) is 23.3 Å². The molecule has 0 spiro atoms. The van der Waals surface area contributed by atoms with E-state index < -0.39 is 5.97 Å². The molecule has 5 nitrogen and oxygen atoms in total. The van der Waals surface area contributed by atoms with Crippen molar-refractivity contribution < 1.29 is 13.9 Å². The number of aryl methyl sites for hydroxylation is 1. The number of carbonyl (C=O) groups is 1. The SMILES string of the molecule is CCc1nc(C(=O)Oc2cccc(N)c2)co1. The number of nitrogens with zero attached hydrogens (tertiary/aromatic N) is 1. The lowest BCUT2D eigenvalue weighted by atomic mass is 10.3. The Kier molecular flexibility index (Phi) is 3.09. The molecule has 0 unspecified atom stereocenters. The number of aromatic nitrogens is 1. The molecule has 2 N–H and O–H groups in total. The summed E-state index contributed by atoms with van der Waals surface area (Å²) in [6, 6.07) is 6.63. The Morgan fingerprint density at radius 2 is 2.35 bits per heavy atom. The van der Waals surface area contributed by atoms with Crippen molar-refractivity contribution in [3.8, 4) is 5.75 Å². The highest BCUT2D eigenvalue weighted by atomic mass is 16.5. The number of nitrogens with two attached hydrogens (primary N) is 1. The second kappa shape index (κ2) is 4.69. The third-order valence-corrected chi connectivity index (χ3v) is 2.13. The molecule has 2 rings (SSSR count). The zero-order chi connectivity index (χ0) is 12.3. The average molecular weight is 232 g/mol. The van der Waals surface area contributed by atoms with Crippen molar-refractivity contribution in [2.45, 2.75) is 13.3 Å². The molecule has 0 atom stereocenters. The third kappa shape index (κ3) is 2.63. The first-order chi connectivity index (χ1) is 8.19. The zero-order valence-corrected chi connectivity index (χ0v) is 9.34. The molecule has 1 heterocycles. The van der Waals surface area contributed by atoms with Gasteiger partial charge in [-0.2, -0.15) is 0 Å². The molecule has 0 aliphatic heterocycles. The summed E-state index contributed by atoms with van der Waals surface area (Å²) in [5.74, 6) is 0.333. The number of rotatable bonds is 3. The lowest BCUT2D eigenvalue weighted by Crippen LogP contribution is -2.09. The van der Waals surface area contributed by atoms with E-state index >= 15 is 0 Å². The quantitative estimate of drug-likeness (QED) is 0.497. The number of hydrogen-bond acceptors (Lipinski definition) is 5. The Bertz CT molecular complexity index is 534. The molecule has 17 heavy (non-hydrogen) atoms. The smallest absolute Gasteiger partial charge is 0.365 e. The summed E-state index contributed by atoms with van der Waals surface area (Å²) in [5.41, 5.74) is 6.26. The van der Waals surface area contributed by atoms with Gasteiger partial charge in [-0.05, 0) is 12.1 Å². The molecule has 2 aromatic rings. The summed E-state index contributed by atoms with van der Waals surface area (Å²) < 4.78 is 10.2. The lowest BCUT2D eigenvalue weighted by Gasteiger charge is -2.02.